The third-order valence-electron chi connectivity index (χ3n) is 3.99. The van der Waals surface area contributed by atoms with E-state index >= 15 is 0 Å². The number of aromatic nitrogens is 2. The molecule has 0 spiro atoms. The first kappa shape index (κ1) is 15.7. The molecular formula is C15H25N5O. The molecule has 6 heteroatoms. The summed E-state index contributed by atoms with van der Waals surface area (Å²) in [7, 11) is 0. The molecule has 21 heavy (non-hydrogen) atoms. The highest BCUT2D eigenvalue weighted by molar-refractivity contribution is 5.76. The van der Waals surface area contributed by atoms with Gasteiger partial charge >= 0.3 is 0 Å². The first-order valence-corrected chi connectivity index (χ1v) is 7.68. The monoisotopic (exact) mass is 291 g/mol. The molecule has 1 aromatic heterocycles. The Balaban J connectivity index is 1.84. The van der Waals surface area contributed by atoms with Crippen LogP contribution in [0.15, 0.2) is 6.20 Å². The van der Waals surface area contributed by atoms with E-state index in [0.717, 1.165) is 62.6 Å². The highest BCUT2D eigenvalue weighted by Gasteiger charge is 2.23. The molecule has 1 aliphatic heterocycles. The van der Waals surface area contributed by atoms with Gasteiger partial charge in [-0.1, -0.05) is 6.92 Å². The van der Waals surface area contributed by atoms with Gasteiger partial charge in [-0.3, -0.25) is 4.79 Å². The largest absolute Gasteiger partial charge is 0.369 e. The highest BCUT2D eigenvalue weighted by atomic mass is 16.1. The summed E-state index contributed by atoms with van der Waals surface area (Å²) in [6.07, 6.45) is 4.76. The maximum absolute atomic E-state index is 11.3. The zero-order valence-corrected chi connectivity index (χ0v) is 12.9. The number of piperidine rings is 1. The fourth-order valence-corrected chi connectivity index (χ4v) is 2.73. The molecule has 1 fully saturated rings. The Morgan fingerprint density at radius 2 is 2.38 bits per heavy atom. The second-order valence-corrected chi connectivity index (χ2v) is 5.61. The van der Waals surface area contributed by atoms with Crippen molar-refractivity contribution in [2.45, 2.75) is 33.1 Å². The van der Waals surface area contributed by atoms with Gasteiger partial charge in [0, 0.05) is 31.4 Å². The Morgan fingerprint density at radius 1 is 1.57 bits per heavy atom. The number of aryl methyl sites for hydroxylation is 2. The number of carbonyl (C=O) groups is 1. The lowest BCUT2D eigenvalue weighted by molar-refractivity contribution is -0.123. The van der Waals surface area contributed by atoms with Crippen LogP contribution in [0.5, 0.6) is 0 Å². The molecule has 0 aromatic carbocycles. The van der Waals surface area contributed by atoms with Crippen LogP contribution < -0.4 is 11.1 Å². The van der Waals surface area contributed by atoms with E-state index in [2.05, 4.69) is 27.1 Å². The van der Waals surface area contributed by atoms with Crippen molar-refractivity contribution in [3.05, 3.63) is 17.6 Å². The predicted octanol–water partition coefficient (Wildman–Crippen LogP) is 0.957. The summed E-state index contributed by atoms with van der Waals surface area (Å²) in [5.74, 6) is 1.54. The van der Waals surface area contributed by atoms with E-state index in [0.29, 0.717) is 0 Å². The Morgan fingerprint density at radius 3 is 3.10 bits per heavy atom. The number of carbonyl (C=O) groups excluding carboxylic acids is 1. The number of nitrogens with one attached hydrogen (secondary N) is 1. The molecule has 1 aliphatic rings. The summed E-state index contributed by atoms with van der Waals surface area (Å²) in [5.41, 5.74) is 6.54. The lowest BCUT2D eigenvalue weighted by Gasteiger charge is -2.31. The van der Waals surface area contributed by atoms with Crippen molar-refractivity contribution in [3.63, 3.8) is 0 Å². The fraction of sp³-hybridized carbons (Fsp3) is 0.667. The minimum atomic E-state index is -0.174. The molecule has 0 bridgehead atoms. The van der Waals surface area contributed by atoms with Gasteiger partial charge in [-0.05, 0) is 32.7 Å². The van der Waals surface area contributed by atoms with Crippen molar-refractivity contribution in [3.8, 4) is 0 Å². The number of rotatable bonds is 6. The van der Waals surface area contributed by atoms with E-state index < -0.39 is 0 Å². The van der Waals surface area contributed by atoms with Gasteiger partial charge in [0.2, 0.25) is 5.91 Å². The van der Waals surface area contributed by atoms with Crippen LogP contribution >= 0.6 is 0 Å². The average Bonchev–Trinajstić information content (AvgIpc) is 2.48. The van der Waals surface area contributed by atoms with Crippen molar-refractivity contribution in [1.29, 1.82) is 0 Å². The topological polar surface area (TPSA) is 84.1 Å². The molecule has 2 heterocycles. The minimum absolute atomic E-state index is 0.00578. The second kappa shape index (κ2) is 7.36. The Kier molecular flexibility index (Phi) is 5.50. The number of likely N-dealkylation sites (tertiary alicyclic amines) is 1. The van der Waals surface area contributed by atoms with Gasteiger partial charge in [-0.25, -0.2) is 9.97 Å². The lowest BCUT2D eigenvalue weighted by Crippen LogP contribution is -2.42. The van der Waals surface area contributed by atoms with Crippen molar-refractivity contribution >= 4 is 11.7 Å². The van der Waals surface area contributed by atoms with Gasteiger partial charge in [0.25, 0.3) is 0 Å². The van der Waals surface area contributed by atoms with Crippen molar-refractivity contribution < 1.29 is 4.79 Å². The number of anilines is 1. The van der Waals surface area contributed by atoms with E-state index in [4.69, 9.17) is 5.73 Å². The summed E-state index contributed by atoms with van der Waals surface area (Å²) >= 11 is 0. The number of hydrogen-bond donors (Lipinski definition) is 2. The maximum atomic E-state index is 11.3. The SMILES string of the molecule is CCc1cnc(C)nc1NCCN1CCCC(C(N)=O)C1. The Labute approximate surface area is 126 Å². The normalized spacial score (nSPS) is 19.4. The van der Waals surface area contributed by atoms with Gasteiger partial charge in [0.1, 0.15) is 11.6 Å². The first-order chi connectivity index (χ1) is 10.1. The quantitative estimate of drug-likeness (QED) is 0.815. The molecule has 0 aliphatic carbocycles. The molecule has 1 atom stereocenters. The van der Waals surface area contributed by atoms with Crippen LogP contribution in [0.4, 0.5) is 5.82 Å². The molecule has 1 unspecified atom stereocenters. The molecule has 0 radical (unpaired) electrons. The molecule has 3 N–H and O–H groups in total. The van der Waals surface area contributed by atoms with Crippen LogP contribution in [-0.2, 0) is 11.2 Å². The number of primary amides is 1. The standard InChI is InChI=1S/C15H25N5O/c1-3-12-9-18-11(2)19-15(12)17-6-8-20-7-4-5-13(10-20)14(16)21/h9,13H,3-8,10H2,1-2H3,(H2,16,21)(H,17,18,19). The van der Waals surface area contributed by atoms with Crippen LogP contribution in [-0.4, -0.2) is 47.0 Å². The predicted molar refractivity (Wildman–Crippen MR) is 83.0 cm³/mol. The van der Waals surface area contributed by atoms with E-state index in [1.54, 1.807) is 0 Å². The number of nitrogens with two attached hydrogens (primary N) is 1. The third-order valence-corrected chi connectivity index (χ3v) is 3.99. The Hall–Kier alpha value is -1.69. The van der Waals surface area contributed by atoms with Crippen LogP contribution in [0.1, 0.15) is 31.2 Å². The summed E-state index contributed by atoms with van der Waals surface area (Å²) in [4.78, 5) is 22.3. The molecule has 1 saturated heterocycles. The fourth-order valence-electron chi connectivity index (χ4n) is 2.73. The molecular weight excluding hydrogens is 266 g/mol. The maximum Gasteiger partial charge on any atom is 0.221 e. The van der Waals surface area contributed by atoms with Crippen molar-refractivity contribution in [1.82, 2.24) is 14.9 Å². The summed E-state index contributed by atoms with van der Waals surface area (Å²) < 4.78 is 0. The summed E-state index contributed by atoms with van der Waals surface area (Å²) in [5, 5.41) is 3.39. The third kappa shape index (κ3) is 4.39. The number of amides is 1. The van der Waals surface area contributed by atoms with Crippen molar-refractivity contribution in [2.24, 2.45) is 11.7 Å². The molecule has 116 valence electrons. The molecule has 6 nitrogen and oxygen atoms in total. The van der Waals surface area contributed by atoms with Gasteiger partial charge in [0.05, 0.1) is 5.92 Å². The van der Waals surface area contributed by atoms with E-state index in [1.807, 2.05) is 13.1 Å². The first-order valence-electron chi connectivity index (χ1n) is 7.68. The minimum Gasteiger partial charge on any atom is -0.369 e. The number of nitrogens with zero attached hydrogens (tertiary/aromatic N) is 3. The van der Waals surface area contributed by atoms with Gasteiger partial charge in [-0.2, -0.15) is 0 Å². The van der Waals surface area contributed by atoms with E-state index in [1.165, 1.54) is 0 Å². The van der Waals surface area contributed by atoms with E-state index in [-0.39, 0.29) is 11.8 Å². The van der Waals surface area contributed by atoms with Gasteiger partial charge in [0.15, 0.2) is 0 Å². The molecule has 0 saturated carbocycles. The van der Waals surface area contributed by atoms with Gasteiger partial charge < -0.3 is 16.0 Å². The van der Waals surface area contributed by atoms with E-state index in [9.17, 15) is 4.79 Å². The zero-order chi connectivity index (χ0) is 15.2. The Bertz CT molecular complexity index is 491. The lowest BCUT2D eigenvalue weighted by atomic mass is 9.97. The highest BCUT2D eigenvalue weighted by Crippen LogP contribution is 2.16. The summed E-state index contributed by atoms with van der Waals surface area (Å²) in [6.45, 7) is 7.52. The average molecular weight is 291 g/mol. The second-order valence-electron chi connectivity index (χ2n) is 5.61. The van der Waals surface area contributed by atoms with Crippen LogP contribution in [0.3, 0.4) is 0 Å². The van der Waals surface area contributed by atoms with Crippen LogP contribution in [0.2, 0.25) is 0 Å². The zero-order valence-electron chi connectivity index (χ0n) is 12.9. The van der Waals surface area contributed by atoms with Crippen molar-refractivity contribution in [2.75, 3.05) is 31.5 Å². The molecule has 1 aromatic rings. The van der Waals surface area contributed by atoms with Gasteiger partial charge in [-0.15, -0.1) is 0 Å². The smallest absolute Gasteiger partial charge is 0.221 e. The molecule has 1 amide bonds. The molecule has 2 rings (SSSR count). The van der Waals surface area contributed by atoms with Crippen LogP contribution in [0, 0.1) is 12.8 Å². The van der Waals surface area contributed by atoms with Crippen LogP contribution in [0.25, 0.3) is 0 Å². The number of hydrogen-bond acceptors (Lipinski definition) is 5. The summed E-state index contributed by atoms with van der Waals surface area (Å²) in [6, 6.07) is 0.